The van der Waals surface area contributed by atoms with Crippen molar-refractivity contribution in [2.75, 3.05) is 54.7 Å². The van der Waals surface area contributed by atoms with E-state index in [0.29, 0.717) is 46.0 Å². The standard InChI is InChI=1S/C38H37N7O12S2.2C6H6N2O5S/c1-19-11-29(31(17-27(19)39)56-9-7-46)42-44-35-33(58(50,51)52)15-21-13-23(3-5-25(21)37(35)48)41-24-4-6-26-22(14-24)16-34(59(53,54)55)36(38(26)49)45-43-30-12-20(2)28(40)18-32(30)57-10-8-47;2*7-5-2-1-4(8(9)10)3-6(5)14(11,12)13/h3-6,11-18,41,46-49H,7-10,39-40H2,1-2H3,(H,50,51,52)(H,53,54,55);2*1-3H,7H2,(H,11,12,13). The Morgan fingerprint density at radius 2 is 0.816 bits per heavy atom. The molecule has 0 aromatic heterocycles. The van der Waals surface area contributed by atoms with Crippen molar-refractivity contribution >= 4 is 130 Å². The average molecular weight is 1280 g/mol. The van der Waals surface area contributed by atoms with Gasteiger partial charge in [-0.25, -0.2) is 0 Å². The molecule has 0 aliphatic carbocycles. The number of hydrogen-bond acceptors (Lipinski definition) is 27. The first-order valence-corrected chi connectivity index (χ1v) is 29.7. The summed E-state index contributed by atoms with van der Waals surface area (Å²) in [5.74, 6) is -0.988. The van der Waals surface area contributed by atoms with Gasteiger partial charge >= 0.3 is 0 Å². The number of nitrogen functional groups attached to an aromatic ring is 4. The van der Waals surface area contributed by atoms with Crippen LogP contribution in [0.15, 0.2) is 149 Å². The Labute approximate surface area is 491 Å². The highest BCUT2D eigenvalue weighted by molar-refractivity contribution is 7.86. The summed E-state index contributed by atoms with van der Waals surface area (Å²) in [4.78, 5) is 16.1. The van der Waals surface area contributed by atoms with Gasteiger partial charge in [0.25, 0.3) is 51.8 Å². The van der Waals surface area contributed by atoms with Gasteiger partial charge in [-0.2, -0.15) is 33.7 Å². The number of anilines is 6. The normalized spacial score (nSPS) is 11.9. The van der Waals surface area contributed by atoms with Crippen LogP contribution in [0.5, 0.6) is 23.0 Å². The molecule has 8 aromatic rings. The minimum Gasteiger partial charge on any atom is -0.505 e. The fraction of sp³-hybridized carbons (Fsp3) is 0.120. The van der Waals surface area contributed by atoms with E-state index in [0.717, 1.165) is 36.4 Å². The van der Waals surface area contributed by atoms with Crippen LogP contribution in [-0.2, 0) is 40.5 Å². The number of nitrogens with one attached hydrogen (secondary N) is 1. The number of aliphatic hydroxyl groups is 2. The van der Waals surface area contributed by atoms with Gasteiger partial charge in [0.1, 0.15) is 67.0 Å². The highest BCUT2D eigenvalue weighted by atomic mass is 32.2. The molecule has 0 saturated carbocycles. The van der Waals surface area contributed by atoms with Crippen molar-refractivity contribution in [3.05, 3.63) is 141 Å². The van der Waals surface area contributed by atoms with Gasteiger partial charge in [-0.05, 0) is 109 Å². The van der Waals surface area contributed by atoms with Gasteiger partial charge in [0.2, 0.25) is 0 Å². The van der Waals surface area contributed by atoms with Crippen LogP contribution in [-0.4, -0.2) is 109 Å². The number of aryl methyl sites for hydroxylation is 2. The molecule has 0 aliphatic rings. The zero-order chi connectivity index (χ0) is 64.7. The summed E-state index contributed by atoms with van der Waals surface area (Å²) in [5.41, 5.74) is 22.7. The molecule has 0 bridgehead atoms. The van der Waals surface area contributed by atoms with Crippen molar-refractivity contribution in [2.45, 2.75) is 33.4 Å². The lowest BCUT2D eigenvalue weighted by Gasteiger charge is -2.14. The number of fused-ring (bicyclic) bond motifs is 2. The number of hydrogen-bond donors (Lipinski definition) is 13. The fourth-order valence-electron chi connectivity index (χ4n) is 7.62. The first kappa shape index (κ1) is 66.2. The number of azo groups is 2. The number of phenols is 2. The van der Waals surface area contributed by atoms with Gasteiger partial charge in [-0.3, -0.25) is 38.4 Å². The minimum atomic E-state index is -4.99. The molecule has 33 nitrogen and oxygen atoms in total. The molecule has 0 heterocycles. The Morgan fingerprint density at radius 1 is 0.471 bits per heavy atom. The number of nitrogens with zero attached hydrogens (tertiary/aromatic N) is 6. The Hall–Kier alpha value is -9.96. The number of aliphatic hydroxyl groups excluding tert-OH is 2. The van der Waals surface area contributed by atoms with Crippen LogP contribution >= 0.6 is 0 Å². The molecule has 17 N–H and O–H groups in total. The minimum absolute atomic E-state index is 0.101. The SMILES string of the molecule is Cc1cc(N=Nc2c(S(=O)(=O)O)cc3cc(Nc4ccc5c(O)c(N=Nc6cc(C)c(N)cc6OCCO)c(S(=O)(=O)O)cc5c4)ccc3c2O)c(OCCO)cc1N.Nc1ccc([N+](=O)[O-])cc1S(=O)(=O)O.Nc1ccc([N+](=O)[O-])cc1S(=O)(=O)O. The Bertz CT molecular complexity index is 4300. The maximum atomic E-state index is 12.6. The molecule has 8 rings (SSSR count). The van der Waals surface area contributed by atoms with E-state index in [4.69, 9.17) is 41.5 Å². The largest absolute Gasteiger partial charge is 0.505 e. The third-order valence-electron chi connectivity index (χ3n) is 11.8. The van der Waals surface area contributed by atoms with Crippen LogP contribution < -0.4 is 37.7 Å². The van der Waals surface area contributed by atoms with E-state index in [1.807, 2.05) is 0 Å². The summed E-state index contributed by atoms with van der Waals surface area (Å²) in [7, 11) is -19.0. The second-order valence-corrected chi connectivity index (χ2v) is 23.5. The van der Waals surface area contributed by atoms with Crippen LogP contribution in [0.2, 0.25) is 0 Å². The zero-order valence-electron chi connectivity index (χ0n) is 44.6. The van der Waals surface area contributed by atoms with Crippen LogP contribution in [0.4, 0.5) is 68.2 Å². The van der Waals surface area contributed by atoms with Crippen molar-refractivity contribution in [2.24, 2.45) is 20.5 Å². The van der Waals surface area contributed by atoms with E-state index in [1.165, 1.54) is 60.7 Å². The number of aromatic hydroxyl groups is 2. The van der Waals surface area contributed by atoms with Gasteiger partial charge < -0.3 is 58.2 Å². The number of rotatable bonds is 18. The van der Waals surface area contributed by atoms with E-state index in [2.05, 4.69) is 25.8 Å². The molecular weight excluding hydrogens is 1230 g/mol. The van der Waals surface area contributed by atoms with Gasteiger partial charge in [-0.15, -0.1) is 20.5 Å². The molecule has 0 spiro atoms. The van der Waals surface area contributed by atoms with Crippen molar-refractivity contribution < 1.29 is 91.6 Å². The van der Waals surface area contributed by atoms with E-state index < -0.39 is 104 Å². The summed E-state index contributed by atoms with van der Waals surface area (Å²) in [6.07, 6.45) is 0. The highest BCUT2D eigenvalue weighted by Gasteiger charge is 2.26. The number of phenolic OH excluding ortho intramolecular Hbond substituents is 2. The molecule has 0 atom stereocenters. The zero-order valence-corrected chi connectivity index (χ0v) is 47.9. The van der Waals surface area contributed by atoms with E-state index in [9.17, 15) is 83.4 Å². The number of non-ortho nitro benzene ring substituents is 2. The Kier molecular flexibility index (Phi) is 20.2. The predicted molar refractivity (Wildman–Crippen MR) is 313 cm³/mol. The van der Waals surface area contributed by atoms with Crippen LogP contribution in [0.25, 0.3) is 21.5 Å². The molecule has 0 saturated heterocycles. The van der Waals surface area contributed by atoms with Crippen LogP contribution in [0.3, 0.4) is 0 Å². The molecule has 0 unspecified atom stereocenters. The number of nitro groups is 2. The van der Waals surface area contributed by atoms with Gasteiger partial charge in [0.15, 0.2) is 11.5 Å². The quantitative estimate of drug-likeness (QED) is 0.0128. The summed E-state index contributed by atoms with van der Waals surface area (Å²) < 4.78 is 141. The van der Waals surface area contributed by atoms with Crippen LogP contribution in [0, 0.1) is 34.1 Å². The number of benzene rings is 8. The number of nitro benzene ring substituents is 2. The van der Waals surface area contributed by atoms with E-state index >= 15 is 0 Å². The smallest absolute Gasteiger partial charge is 0.296 e. The maximum absolute atomic E-state index is 12.6. The molecule has 37 heteroatoms. The topological polar surface area (TPSA) is 569 Å². The summed E-state index contributed by atoms with van der Waals surface area (Å²) >= 11 is 0. The molecule has 87 heavy (non-hydrogen) atoms. The van der Waals surface area contributed by atoms with Gasteiger partial charge in [0, 0.05) is 69.9 Å². The maximum Gasteiger partial charge on any atom is 0.296 e. The second-order valence-electron chi connectivity index (χ2n) is 17.9. The van der Waals surface area contributed by atoms with Crippen molar-refractivity contribution in [3.63, 3.8) is 0 Å². The van der Waals surface area contributed by atoms with Crippen molar-refractivity contribution in [1.82, 2.24) is 0 Å². The van der Waals surface area contributed by atoms with Gasteiger partial charge in [-0.1, -0.05) is 0 Å². The fourth-order valence-corrected chi connectivity index (χ4v) is 10.2. The number of ether oxygens (including phenoxy) is 2. The van der Waals surface area contributed by atoms with Crippen LogP contribution in [0.1, 0.15) is 11.1 Å². The molecule has 460 valence electrons. The van der Waals surface area contributed by atoms with Gasteiger partial charge in [0.05, 0.1) is 34.4 Å². The lowest BCUT2D eigenvalue weighted by atomic mass is 10.1. The lowest BCUT2D eigenvalue weighted by Crippen LogP contribution is -2.03. The van der Waals surface area contributed by atoms with E-state index in [-0.39, 0.29) is 82.2 Å². The molecular formula is C50H49N11O22S4. The number of nitrogens with two attached hydrogens (primary N) is 4. The monoisotopic (exact) mass is 1280 g/mol. The Morgan fingerprint density at radius 3 is 1.13 bits per heavy atom. The molecule has 8 aromatic carbocycles. The third-order valence-corrected chi connectivity index (χ3v) is 15.4. The third kappa shape index (κ3) is 16.3. The molecule has 0 amide bonds. The van der Waals surface area contributed by atoms with Crippen molar-refractivity contribution in [1.29, 1.82) is 0 Å². The first-order valence-electron chi connectivity index (χ1n) is 24.0. The average Bonchev–Trinajstić information content (AvgIpc) is 0.875. The summed E-state index contributed by atoms with van der Waals surface area (Å²) in [5, 5.41) is 81.1. The highest BCUT2D eigenvalue weighted by Crippen LogP contribution is 2.46. The molecule has 0 aliphatic heterocycles. The first-order chi connectivity index (χ1) is 40.5. The second kappa shape index (κ2) is 26.5. The lowest BCUT2D eigenvalue weighted by molar-refractivity contribution is -0.385. The molecule has 0 radical (unpaired) electrons. The summed E-state index contributed by atoms with van der Waals surface area (Å²) in [6.45, 7) is 2.55. The summed E-state index contributed by atoms with van der Waals surface area (Å²) in [6, 6.07) is 22.5. The van der Waals surface area contributed by atoms with Crippen molar-refractivity contribution in [3.8, 4) is 23.0 Å². The van der Waals surface area contributed by atoms with E-state index in [1.54, 1.807) is 13.8 Å². The molecule has 0 fully saturated rings. The Balaban J connectivity index is 0.000000351. The predicted octanol–water partition coefficient (Wildman–Crippen LogP) is 7.84.